The lowest BCUT2D eigenvalue weighted by Crippen LogP contribution is -2.27. The maximum atomic E-state index is 12.6. The Balaban J connectivity index is 2.08. The van der Waals surface area contributed by atoms with Crippen molar-refractivity contribution in [2.45, 2.75) is 30.7 Å². The topological polar surface area (TPSA) is 51.2 Å². The highest BCUT2D eigenvalue weighted by molar-refractivity contribution is 7.99. The van der Waals surface area contributed by atoms with E-state index < -0.39 is 11.7 Å². The van der Waals surface area contributed by atoms with E-state index in [1.54, 1.807) is 6.07 Å². The van der Waals surface area contributed by atoms with Gasteiger partial charge in [0.15, 0.2) is 0 Å². The first-order chi connectivity index (χ1) is 11.5. The van der Waals surface area contributed by atoms with Crippen molar-refractivity contribution in [2.75, 3.05) is 6.61 Å². The maximum Gasteiger partial charge on any atom is 0.290 e. The van der Waals surface area contributed by atoms with E-state index in [9.17, 15) is 13.6 Å². The molecule has 1 unspecified atom stereocenters. The first kappa shape index (κ1) is 18.2. The summed E-state index contributed by atoms with van der Waals surface area (Å²) in [7, 11) is 0. The Kier molecular flexibility index (Phi) is 6.54. The number of pyridine rings is 1. The minimum absolute atomic E-state index is 0.0175. The number of benzene rings is 1. The van der Waals surface area contributed by atoms with Gasteiger partial charge in [-0.1, -0.05) is 12.1 Å². The highest BCUT2D eigenvalue weighted by Gasteiger charge is 2.18. The molecular formula is C17H18F2N2O2S. The van der Waals surface area contributed by atoms with Gasteiger partial charge in [0.25, 0.3) is 11.7 Å². The van der Waals surface area contributed by atoms with E-state index in [0.29, 0.717) is 6.61 Å². The number of hydrogen-bond acceptors (Lipinski definition) is 4. The summed E-state index contributed by atoms with van der Waals surface area (Å²) in [6, 6.07) is 10.1. The Morgan fingerprint density at radius 2 is 2.00 bits per heavy atom. The number of halogens is 2. The molecule has 1 aromatic carbocycles. The summed E-state index contributed by atoms with van der Waals surface area (Å²) in [5.41, 5.74) is 1.03. The van der Waals surface area contributed by atoms with E-state index in [1.807, 2.05) is 38.1 Å². The summed E-state index contributed by atoms with van der Waals surface area (Å²) in [6.45, 7) is 4.31. The molecule has 0 aliphatic carbocycles. The van der Waals surface area contributed by atoms with Crippen LogP contribution < -0.4 is 10.1 Å². The van der Waals surface area contributed by atoms with Crippen molar-refractivity contribution >= 4 is 17.7 Å². The second kappa shape index (κ2) is 8.63. The number of rotatable bonds is 7. The number of alkyl halides is 2. The van der Waals surface area contributed by atoms with E-state index in [-0.39, 0.29) is 28.4 Å². The predicted molar refractivity (Wildman–Crippen MR) is 89.6 cm³/mol. The maximum absolute atomic E-state index is 12.6. The number of nitrogens with one attached hydrogen (secondary N) is 1. The van der Waals surface area contributed by atoms with Crippen molar-refractivity contribution < 1.29 is 18.3 Å². The van der Waals surface area contributed by atoms with Gasteiger partial charge in [-0.15, -0.1) is 0 Å². The molecule has 0 bridgehead atoms. The highest BCUT2D eigenvalue weighted by Crippen LogP contribution is 2.27. The zero-order chi connectivity index (χ0) is 17.5. The largest absolute Gasteiger partial charge is 0.494 e. The van der Waals surface area contributed by atoms with Crippen LogP contribution >= 0.6 is 11.8 Å². The zero-order valence-electron chi connectivity index (χ0n) is 13.3. The van der Waals surface area contributed by atoms with Gasteiger partial charge in [0.2, 0.25) is 0 Å². The summed E-state index contributed by atoms with van der Waals surface area (Å²) in [5, 5.41) is 2.82. The van der Waals surface area contributed by atoms with Crippen molar-refractivity contribution in [2.24, 2.45) is 0 Å². The van der Waals surface area contributed by atoms with Crippen molar-refractivity contribution in [1.82, 2.24) is 10.3 Å². The van der Waals surface area contributed by atoms with E-state index in [2.05, 4.69) is 10.3 Å². The third kappa shape index (κ3) is 4.92. The monoisotopic (exact) mass is 352 g/mol. The minimum atomic E-state index is -2.63. The van der Waals surface area contributed by atoms with Crippen LogP contribution in [-0.2, 0) is 0 Å². The number of hydrogen-bond donors (Lipinski definition) is 1. The van der Waals surface area contributed by atoms with Crippen LogP contribution in [0.2, 0.25) is 0 Å². The SMILES string of the molecule is CCOc1ccc(C(C)NC(=O)c2cccnc2SC(F)F)cc1. The van der Waals surface area contributed by atoms with Crippen molar-refractivity contribution in [1.29, 1.82) is 0 Å². The molecule has 0 spiro atoms. The molecule has 0 saturated heterocycles. The molecule has 0 aliphatic heterocycles. The lowest BCUT2D eigenvalue weighted by Gasteiger charge is -2.16. The van der Waals surface area contributed by atoms with Gasteiger partial charge in [0, 0.05) is 6.20 Å². The summed E-state index contributed by atoms with van der Waals surface area (Å²) in [5.74, 6) is -2.31. The molecule has 1 atom stereocenters. The van der Waals surface area contributed by atoms with Crippen LogP contribution in [0.3, 0.4) is 0 Å². The van der Waals surface area contributed by atoms with E-state index in [4.69, 9.17) is 4.74 Å². The molecule has 1 N–H and O–H groups in total. The van der Waals surface area contributed by atoms with E-state index in [0.717, 1.165) is 11.3 Å². The molecule has 0 fully saturated rings. The quantitative estimate of drug-likeness (QED) is 0.756. The summed E-state index contributed by atoms with van der Waals surface area (Å²) in [6.07, 6.45) is 1.39. The number of carbonyl (C=O) groups excluding carboxylic acids is 1. The summed E-state index contributed by atoms with van der Waals surface area (Å²) in [4.78, 5) is 16.2. The smallest absolute Gasteiger partial charge is 0.290 e. The van der Waals surface area contributed by atoms with Gasteiger partial charge in [0.1, 0.15) is 10.8 Å². The van der Waals surface area contributed by atoms with Gasteiger partial charge in [-0.2, -0.15) is 8.78 Å². The minimum Gasteiger partial charge on any atom is -0.494 e. The number of carbonyl (C=O) groups is 1. The molecule has 1 aromatic heterocycles. The molecule has 24 heavy (non-hydrogen) atoms. The lowest BCUT2D eigenvalue weighted by molar-refractivity contribution is 0.0936. The molecule has 128 valence electrons. The summed E-state index contributed by atoms with van der Waals surface area (Å²) >= 11 is 0.262. The molecule has 1 heterocycles. The van der Waals surface area contributed by atoms with Crippen LogP contribution in [-0.4, -0.2) is 23.3 Å². The average Bonchev–Trinajstić information content (AvgIpc) is 2.55. The Bertz CT molecular complexity index is 681. The third-order valence-corrected chi connectivity index (χ3v) is 3.98. The van der Waals surface area contributed by atoms with Gasteiger partial charge in [-0.05, 0) is 55.4 Å². The van der Waals surface area contributed by atoms with Crippen LogP contribution in [0.15, 0.2) is 47.6 Å². The van der Waals surface area contributed by atoms with Gasteiger partial charge >= 0.3 is 0 Å². The standard InChI is InChI=1S/C17H18F2N2O2S/c1-3-23-13-8-6-12(7-9-13)11(2)21-15(22)14-5-4-10-20-16(14)24-17(18)19/h4-11,17H,3H2,1-2H3,(H,21,22). The van der Waals surface area contributed by atoms with Gasteiger partial charge in [-0.3, -0.25) is 4.79 Å². The number of amides is 1. The zero-order valence-corrected chi connectivity index (χ0v) is 14.1. The predicted octanol–water partition coefficient (Wildman–Crippen LogP) is 4.29. The van der Waals surface area contributed by atoms with Crippen LogP contribution in [0.25, 0.3) is 0 Å². The van der Waals surface area contributed by atoms with Crippen molar-refractivity contribution in [3.05, 3.63) is 53.7 Å². The van der Waals surface area contributed by atoms with Crippen molar-refractivity contribution in [3.8, 4) is 5.75 Å². The molecule has 0 aliphatic rings. The van der Waals surface area contributed by atoms with Crippen LogP contribution in [0.1, 0.15) is 35.8 Å². The third-order valence-electron chi connectivity index (χ3n) is 3.26. The molecular weight excluding hydrogens is 334 g/mol. The first-order valence-corrected chi connectivity index (χ1v) is 8.32. The molecule has 7 heteroatoms. The van der Waals surface area contributed by atoms with Gasteiger partial charge < -0.3 is 10.1 Å². The molecule has 2 aromatic rings. The molecule has 4 nitrogen and oxygen atoms in total. The Labute approximate surface area is 143 Å². The fraction of sp³-hybridized carbons (Fsp3) is 0.294. The second-order valence-corrected chi connectivity index (χ2v) is 5.91. The van der Waals surface area contributed by atoms with Crippen LogP contribution in [0.5, 0.6) is 5.75 Å². The summed E-state index contributed by atoms with van der Waals surface area (Å²) < 4.78 is 30.5. The average molecular weight is 352 g/mol. The molecule has 0 saturated carbocycles. The van der Waals surface area contributed by atoms with Gasteiger partial charge in [-0.25, -0.2) is 4.98 Å². The Morgan fingerprint density at radius 1 is 1.29 bits per heavy atom. The first-order valence-electron chi connectivity index (χ1n) is 7.44. The fourth-order valence-electron chi connectivity index (χ4n) is 2.12. The number of aromatic nitrogens is 1. The number of nitrogens with zero attached hydrogens (tertiary/aromatic N) is 1. The second-order valence-electron chi connectivity index (χ2n) is 4.93. The molecule has 1 amide bonds. The van der Waals surface area contributed by atoms with Crippen LogP contribution in [0, 0.1) is 0 Å². The fourth-order valence-corrected chi connectivity index (χ4v) is 2.70. The highest BCUT2D eigenvalue weighted by atomic mass is 32.2. The van der Waals surface area contributed by atoms with E-state index >= 15 is 0 Å². The van der Waals surface area contributed by atoms with Crippen LogP contribution in [0.4, 0.5) is 8.78 Å². The van der Waals surface area contributed by atoms with E-state index in [1.165, 1.54) is 12.3 Å². The number of ether oxygens (including phenoxy) is 1. The Morgan fingerprint density at radius 3 is 2.62 bits per heavy atom. The Hall–Kier alpha value is -2.15. The lowest BCUT2D eigenvalue weighted by atomic mass is 10.1. The normalized spacial score (nSPS) is 12.0. The van der Waals surface area contributed by atoms with Crippen molar-refractivity contribution in [3.63, 3.8) is 0 Å². The molecule has 0 radical (unpaired) electrons. The van der Waals surface area contributed by atoms with Gasteiger partial charge in [0.05, 0.1) is 18.2 Å². The number of thioether (sulfide) groups is 1. The molecule has 2 rings (SSSR count).